The number of nitrogens with two attached hydrogens (primary N) is 1. The van der Waals surface area contributed by atoms with Crippen LogP contribution in [0.25, 0.3) is 0 Å². The molecule has 5 heteroatoms. The second kappa shape index (κ2) is 6.20. The van der Waals surface area contributed by atoms with Crippen LogP contribution in [0.1, 0.15) is 24.2 Å². The Morgan fingerprint density at radius 2 is 2.24 bits per heavy atom. The van der Waals surface area contributed by atoms with Crippen LogP contribution >= 0.6 is 0 Å². The fourth-order valence-corrected chi connectivity index (χ4v) is 1.27. The normalized spacial score (nSPS) is 10.6. The summed E-state index contributed by atoms with van der Waals surface area (Å²) < 4.78 is 18.6. The zero-order valence-electron chi connectivity index (χ0n) is 10.00. The van der Waals surface area contributed by atoms with Crippen LogP contribution in [0.5, 0.6) is 0 Å². The maximum absolute atomic E-state index is 13.4. The number of nitrogen functional groups attached to an aromatic ring is 1. The average molecular weight is 240 g/mol. The molecule has 0 aliphatic rings. The SMILES string of the molecule is CC(C)OCCNC(=O)c1ccc(N)cc1F. The van der Waals surface area contributed by atoms with E-state index in [1.165, 1.54) is 12.1 Å². The number of hydrogen-bond donors (Lipinski definition) is 2. The Balaban J connectivity index is 2.47. The lowest BCUT2D eigenvalue weighted by Gasteiger charge is -2.09. The summed E-state index contributed by atoms with van der Waals surface area (Å²) in [4.78, 5) is 11.6. The maximum Gasteiger partial charge on any atom is 0.254 e. The monoisotopic (exact) mass is 240 g/mol. The Morgan fingerprint density at radius 1 is 1.53 bits per heavy atom. The molecule has 0 atom stereocenters. The Kier molecular flexibility index (Phi) is 4.90. The summed E-state index contributed by atoms with van der Waals surface area (Å²) in [5.74, 6) is -1.08. The van der Waals surface area contributed by atoms with Crippen molar-refractivity contribution in [2.75, 3.05) is 18.9 Å². The Bertz CT molecular complexity index is 394. The maximum atomic E-state index is 13.4. The van der Waals surface area contributed by atoms with Crippen LogP contribution in [0.15, 0.2) is 18.2 Å². The Morgan fingerprint density at radius 3 is 2.82 bits per heavy atom. The molecule has 17 heavy (non-hydrogen) atoms. The fourth-order valence-electron chi connectivity index (χ4n) is 1.27. The molecule has 0 saturated heterocycles. The number of nitrogens with one attached hydrogen (secondary N) is 1. The molecule has 94 valence electrons. The number of carbonyl (C=O) groups is 1. The summed E-state index contributed by atoms with van der Waals surface area (Å²) in [6, 6.07) is 3.98. The van der Waals surface area contributed by atoms with E-state index in [9.17, 15) is 9.18 Å². The van der Waals surface area contributed by atoms with Crippen LogP contribution in [0.3, 0.4) is 0 Å². The van der Waals surface area contributed by atoms with Gasteiger partial charge >= 0.3 is 0 Å². The molecule has 0 bridgehead atoms. The lowest BCUT2D eigenvalue weighted by atomic mass is 10.2. The van der Waals surface area contributed by atoms with E-state index in [0.29, 0.717) is 18.8 Å². The predicted octanol–water partition coefficient (Wildman–Crippen LogP) is 1.56. The van der Waals surface area contributed by atoms with Crippen molar-refractivity contribution in [3.05, 3.63) is 29.6 Å². The molecule has 0 saturated carbocycles. The van der Waals surface area contributed by atoms with Crippen molar-refractivity contribution < 1.29 is 13.9 Å². The highest BCUT2D eigenvalue weighted by Gasteiger charge is 2.10. The summed E-state index contributed by atoms with van der Waals surface area (Å²) in [6.45, 7) is 4.56. The van der Waals surface area contributed by atoms with Gasteiger partial charge in [0.15, 0.2) is 0 Å². The first-order valence-electron chi connectivity index (χ1n) is 5.45. The third-order valence-electron chi connectivity index (χ3n) is 2.08. The van der Waals surface area contributed by atoms with Gasteiger partial charge < -0.3 is 15.8 Å². The number of ether oxygens (including phenoxy) is 1. The minimum absolute atomic E-state index is 0.0104. The molecule has 3 N–H and O–H groups in total. The van der Waals surface area contributed by atoms with Gasteiger partial charge in [0.2, 0.25) is 0 Å². The van der Waals surface area contributed by atoms with Gasteiger partial charge in [-0.3, -0.25) is 4.79 Å². The molecule has 0 fully saturated rings. The van der Waals surface area contributed by atoms with Gasteiger partial charge in [-0.15, -0.1) is 0 Å². The molecule has 0 heterocycles. The molecule has 1 rings (SSSR count). The number of hydrogen-bond acceptors (Lipinski definition) is 3. The van der Waals surface area contributed by atoms with Gasteiger partial charge in [-0.1, -0.05) is 0 Å². The predicted molar refractivity (Wildman–Crippen MR) is 64.2 cm³/mol. The zero-order valence-corrected chi connectivity index (χ0v) is 10.00. The highest BCUT2D eigenvalue weighted by Crippen LogP contribution is 2.11. The summed E-state index contributed by atoms with van der Waals surface area (Å²) in [5.41, 5.74) is 5.67. The Labute approximate surface area is 100.0 Å². The first kappa shape index (κ1) is 13.4. The fraction of sp³-hybridized carbons (Fsp3) is 0.417. The minimum atomic E-state index is -0.618. The molecule has 0 aromatic heterocycles. The van der Waals surface area contributed by atoms with Crippen molar-refractivity contribution >= 4 is 11.6 Å². The first-order valence-corrected chi connectivity index (χ1v) is 5.45. The molecule has 1 aromatic carbocycles. The molecule has 1 amide bonds. The molecule has 0 radical (unpaired) electrons. The van der Waals surface area contributed by atoms with Gasteiger partial charge in [0, 0.05) is 12.2 Å². The quantitative estimate of drug-likeness (QED) is 0.606. The van der Waals surface area contributed by atoms with Crippen molar-refractivity contribution in [3.8, 4) is 0 Å². The molecule has 0 aliphatic carbocycles. The van der Waals surface area contributed by atoms with Crippen molar-refractivity contribution in [1.82, 2.24) is 5.32 Å². The van der Waals surface area contributed by atoms with E-state index in [-0.39, 0.29) is 11.7 Å². The number of halogens is 1. The van der Waals surface area contributed by atoms with Crippen LogP contribution in [0.2, 0.25) is 0 Å². The van der Waals surface area contributed by atoms with Gasteiger partial charge in [0.1, 0.15) is 5.82 Å². The van der Waals surface area contributed by atoms with Crippen molar-refractivity contribution in [2.24, 2.45) is 0 Å². The van der Waals surface area contributed by atoms with Gasteiger partial charge in [-0.25, -0.2) is 4.39 Å². The van der Waals surface area contributed by atoms with Crippen LogP contribution in [-0.4, -0.2) is 25.2 Å². The third kappa shape index (κ3) is 4.40. The molecule has 0 unspecified atom stereocenters. The van der Waals surface area contributed by atoms with Gasteiger partial charge in [0.25, 0.3) is 5.91 Å². The first-order chi connectivity index (χ1) is 8.00. The van der Waals surface area contributed by atoms with Gasteiger partial charge in [-0.2, -0.15) is 0 Å². The van der Waals surface area contributed by atoms with Gasteiger partial charge in [-0.05, 0) is 32.0 Å². The average Bonchev–Trinajstić information content (AvgIpc) is 2.23. The van der Waals surface area contributed by atoms with Crippen LogP contribution < -0.4 is 11.1 Å². The van der Waals surface area contributed by atoms with E-state index < -0.39 is 11.7 Å². The largest absolute Gasteiger partial charge is 0.399 e. The van der Waals surface area contributed by atoms with E-state index in [1.54, 1.807) is 0 Å². The number of amides is 1. The highest BCUT2D eigenvalue weighted by molar-refractivity contribution is 5.94. The number of anilines is 1. The van der Waals surface area contributed by atoms with E-state index in [0.717, 1.165) is 6.07 Å². The summed E-state index contributed by atoms with van der Waals surface area (Å²) in [7, 11) is 0. The van der Waals surface area contributed by atoms with Crippen LogP contribution in [0.4, 0.5) is 10.1 Å². The standard InChI is InChI=1S/C12H17FN2O2/c1-8(2)17-6-5-15-12(16)10-4-3-9(14)7-11(10)13/h3-4,7-8H,5-6,14H2,1-2H3,(H,15,16). The number of rotatable bonds is 5. The lowest BCUT2D eigenvalue weighted by Crippen LogP contribution is -2.28. The van der Waals surface area contributed by atoms with Crippen LogP contribution in [-0.2, 0) is 4.74 Å². The minimum Gasteiger partial charge on any atom is -0.399 e. The topological polar surface area (TPSA) is 64.3 Å². The Hall–Kier alpha value is -1.62. The van der Waals surface area contributed by atoms with Crippen molar-refractivity contribution in [2.45, 2.75) is 20.0 Å². The molecule has 0 aliphatic heterocycles. The van der Waals surface area contributed by atoms with Crippen LogP contribution in [0, 0.1) is 5.82 Å². The number of benzene rings is 1. The third-order valence-corrected chi connectivity index (χ3v) is 2.08. The summed E-state index contributed by atoms with van der Waals surface area (Å²) in [5, 5.41) is 2.57. The molecule has 4 nitrogen and oxygen atoms in total. The lowest BCUT2D eigenvalue weighted by molar-refractivity contribution is 0.0745. The summed E-state index contributed by atoms with van der Waals surface area (Å²) >= 11 is 0. The number of carbonyl (C=O) groups excluding carboxylic acids is 1. The van der Waals surface area contributed by atoms with E-state index >= 15 is 0 Å². The molecular formula is C12H17FN2O2. The zero-order chi connectivity index (χ0) is 12.8. The van der Waals surface area contributed by atoms with Crippen molar-refractivity contribution in [1.29, 1.82) is 0 Å². The molecular weight excluding hydrogens is 223 g/mol. The molecule has 1 aromatic rings. The van der Waals surface area contributed by atoms with E-state index in [2.05, 4.69) is 5.32 Å². The second-order valence-corrected chi connectivity index (χ2v) is 3.91. The molecule has 0 spiro atoms. The second-order valence-electron chi connectivity index (χ2n) is 3.91. The highest BCUT2D eigenvalue weighted by atomic mass is 19.1. The summed E-state index contributed by atoms with van der Waals surface area (Å²) in [6.07, 6.45) is 0.111. The smallest absolute Gasteiger partial charge is 0.254 e. The van der Waals surface area contributed by atoms with Crippen molar-refractivity contribution in [3.63, 3.8) is 0 Å². The van der Waals surface area contributed by atoms with Gasteiger partial charge in [0.05, 0.1) is 18.3 Å². The van der Waals surface area contributed by atoms with E-state index in [4.69, 9.17) is 10.5 Å². The van der Waals surface area contributed by atoms with E-state index in [1.807, 2.05) is 13.8 Å².